The fraction of sp³-hybridized carbons (Fsp3) is 0.158. The summed E-state index contributed by atoms with van der Waals surface area (Å²) in [6.45, 7) is 0.307. The number of rotatable bonds is 6. The Kier molecular flexibility index (Phi) is 5.43. The summed E-state index contributed by atoms with van der Waals surface area (Å²) in [6, 6.07) is 12.8. The van der Waals surface area contributed by atoms with E-state index in [-0.39, 0.29) is 5.91 Å². The zero-order valence-corrected chi connectivity index (χ0v) is 15.2. The van der Waals surface area contributed by atoms with Crippen LogP contribution < -0.4 is 14.8 Å². The first-order valence-corrected chi connectivity index (χ1v) is 8.29. The highest BCUT2D eigenvalue weighted by molar-refractivity contribution is 6.30. The first-order valence-electron chi connectivity index (χ1n) is 7.91. The normalized spacial score (nSPS) is 10.4. The molecule has 0 unspecified atom stereocenters. The third kappa shape index (κ3) is 3.81. The number of methoxy groups -OCH3 is 2. The van der Waals surface area contributed by atoms with Crippen molar-refractivity contribution >= 4 is 17.5 Å². The van der Waals surface area contributed by atoms with Gasteiger partial charge < -0.3 is 14.8 Å². The average molecular weight is 372 g/mol. The van der Waals surface area contributed by atoms with Crippen molar-refractivity contribution in [3.05, 3.63) is 71.0 Å². The van der Waals surface area contributed by atoms with E-state index in [1.807, 2.05) is 24.3 Å². The molecule has 0 bridgehead atoms. The molecule has 0 atom stereocenters. The predicted molar refractivity (Wildman–Crippen MR) is 99.3 cm³/mol. The molecule has 0 aliphatic carbocycles. The molecule has 0 aliphatic rings. The van der Waals surface area contributed by atoms with E-state index in [1.165, 1.54) is 6.20 Å². The summed E-state index contributed by atoms with van der Waals surface area (Å²) in [5.41, 5.74) is 2.06. The minimum atomic E-state index is -0.233. The number of halogens is 1. The van der Waals surface area contributed by atoms with Crippen molar-refractivity contribution in [3.63, 3.8) is 0 Å². The quantitative estimate of drug-likeness (QED) is 0.720. The van der Waals surface area contributed by atoms with E-state index in [1.54, 1.807) is 43.3 Å². The number of carbonyl (C=O) groups is 1. The van der Waals surface area contributed by atoms with E-state index in [2.05, 4.69) is 10.4 Å². The van der Waals surface area contributed by atoms with Gasteiger partial charge in [0, 0.05) is 23.3 Å². The van der Waals surface area contributed by atoms with Gasteiger partial charge >= 0.3 is 0 Å². The van der Waals surface area contributed by atoms with Gasteiger partial charge in [0.15, 0.2) is 11.5 Å². The highest BCUT2D eigenvalue weighted by atomic mass is 35.5. The van der Waals surface area contributed by atoms with Gasteiger partial charge in [-0.05, 0) is 24.3 Å². The Balaban J connectivity index is 1.72. The summed E-state index contributed by atoms with van der Waals surface area (Å²) in [5, 5.41) is 7.69. The molecule has 3 rings (SSSR count). The second kappa shape index (κ2) is 7.93. The van der Waals surface area contributed by atoms with Crippen LogP contribution in [0, 0.1) is 0 Å². The molecule has 0 fully saturated rings. The Labute approximate surface area is 156 Å². The number of para-hydroxylation sites is 1. The Morgan fingerprint density at radius 3 is 2.73 bits per heavy atom. The van der Waals surface area contributed by atoms with Crippen molar-refractivity contribution in [1.82, 2.24) is 15.1 Å². The van der Waals surface area contributed by atoms with E-state index in [9.17, 15) is 4.79 Å². The van der Waals surface area contributed by atoms with Gasteiger partial charge in [-0.3, -0.25) is 4.79 Å². The highest BCUT2D eigenvalue weighted by Gasteiger charge is 2.13. The number of hydrogen-bond acceptors (Lipinski definition) is 4. The number of carbonyl (C=O) groups excluding carboxylic acids is 1. The topological polar surface area (TPSA) is 65.4 Å². The standard InChI is InChI=1S/C19H18ClN3O3/c1-25-17-8-3-5-13(18(17)26-2)10-21-19(24)14-11-22-23(12-14)16-7-4-6-15(20)9-16/h3-9,11-12H,10H2,1-2H3,(H,21,24). The first-order chi connectivity index (χ1) is 12.6. The van der Waals surface area contributed by atoms with Crippen molar-refractivity contribution in [2.24, 2.45) is 0 Å². The molecule has 26 heavy (non-hydrogen) atoms. The van der Waals surface area contributed by atoms with Crippen LogP contribution in [-0.2, 0) is 6.54 Å². The molecule has 0 radical (unpaired) electrons. The summed E-state index contributed by atoms with van der Waals surface area (Å²) in [4.78, 5) is 12.4. The number of nitrogens with zero attached hydrogens (tertiary/aromatic N) is 2. The van der Waals surface area contributed by atoms with E-state index in [0.29, 0.717) is 28.6 Å². The van der Waals surface area contributed by atoms with E-state index < -0.39 is 0 Å². The lowest BCUT2D eigenvalue weighted by molar-refractivity contribution is 0.0950. The van der Waals surface area contributed by atoms with Gasteiger partial charge in [-0.15, -0.1) is 0 Å². The molecule has 0 saturated carbocycles. The lowest BCUT2D eigenvalue weighted by Crippen LogP contribution is -2.22. The van der Waals surface area contributed by atoms with Crippen LogP contribution in [0.2, 0.25) is 5.02 Å². The number of aromatic nitrogens is 2. The van der Waals surface area contributed by atoms with Crippen LogP contribution >= 0.6 is 11.6 Å². The van der Waals surface area contributed by atoms with E-state index in [4.69, 9.17) is 21.1 Å². The number of ether oxygens (including phenoxy) is 2. The summed E-state index contributed by atoms with van der Waals surface area (Å²) < 4.78 is 12.2. The van der Waals surface area contributed by atoms with Crippen LogP contribution in [0.3, 0.4) is 0 Å². The minimum absolute atomic E-state index is 0.233. The highest BCUT2D eigenvalue weighted by Crippen LogP contribution is 2.30. The molecule has 0 aliphatic heterocycles. The van der Waals surface area contributed by atoms with Gasteiger partial charge in [-0.25, -0.2) is 4.68 Å². The van der Waals surface area contributed by atoms with Gasteiger partial charge in [0.25, 0.3) is 5.91 Å². The van der Waals surface area contributed by atoms with Gasteiger partial charge in [-0.1, -0.05) is 29.8 Å². The van der Waals surface area contributed by atoms with Crippen molar-refractivity contribution in [1.29, 1.82) is 0 Å². The molecule has 1 amide bonds. The lowest BCUT2D eigenvalue weighted by atomic mass is 10.1. The van der Waals surface area contributed by atoms with Crippen molar-refractivity contribution < 1.29 is 14.3 Å². The monoisotopic (exact) mass is 371 g/mol. The molecule has 7 heteroatoms. The number of nitrogens with one attached hydrogen (secondary N) is 1. The Morgan fingerprint density at radius 1 is 1.19 bits per heavy atom. The SMILES string of the molecule is COc1cccc(CNC(=O)c2cnn(-c3cccc(Cl)c3)c2)c1OC. The zero-order valence-electron chi connectivity index (χ0n) is 14.4. The molecule has 1 heterocycles. The van der Waals surface area contributed by atoms with Crippen molar-refractivity contribution in [2.45, 2.75) is 6.54 Å². The van der Waals surface area contributed by atoms with Gasteiger partial charge in [-0.2, -0.15) is 5.10 Å². The van der Waals surface area contributed by atoms with Crippen LogP contribution in [-0.4, -0.2) is 29.9 Å². The van der Waals surface area contributed by atoms with Crippen molar-refractivity contribution in [2.75, 3.05) is 14.2 Å². The Bertz CT molecular complexity index is 924. The van der Waals surface area contributed by atoms with Gasteiger partial charge in [0.2, 0.25) is 0 Å². The maximum absolute atomic E-state index is 12.4. The molecule has 3 aromatic rings. The fourth-order valence-corrected chi connectivity index (χ4v) is 2.75. The third-order valence-corrected chi connectivity index (χ3v) is 4.08. The molecule has 2 aromatic carbocycles. The van der Waals surface area contributed by atoms with E-state index in [0.717, 1.165) is 11.3 Å². The fourth-order valence-electron chi connectivity index (χ4n) is 2.57. The molecule has 6 nitrogen and oxygen atoms in total. The lowest BCUT2D eigenvalue weighted by Gasteiger charge is -2.12. The summed E-state index contributed by atoms with van der Waals surface area (Å²) in [5.74, 6) is 0.987. The number of benzene rings is 2. The number of amides is 1. The molecule has 1 N–H and O–H groups in total. The molecular formula is C19H18ClN3O3. The average Bonchev–Trinajstić information content (AvgIpc) is 3.16. The van der Waals surface area contributed by atoms with Crippen LogP contribution in [0.5, 0.6) is 11.5 Å². The number of hydrogen-bond donors (Lipinski definition) is 1. The molecule has 1 aromatic heterocycles. The maximum atomic E-state index is 12.4. The Hall–Kier alpha value is -2.99. The van der Waals surface area contributed by atoms with Crippen molar-refractivity contribution in [3.8, 4) is 17.2 Å². The first kappa shape index (κ1) is 17.8. The molecule has 134 valence electrons. The van der Waals surface area contributed by atoms with Gasteiger partial charge in [0.05, 0.1) is 31.7 Å². The molecule has 0 spiro atoms. The summed E-state index contributed by atoms with van der Waals surface area (Å²) in [7, 11) is 3.14. The smallest absolute Gasteiger partial charge is 0.254 e. The summed E-state index contributed by atoms with van der Waals surface area (Å²) >= 11 is 5.99. The molecule has 0 saturated heterocycles. The summed E-state index contributed by atoms with van der Waals surface area (Å²) in [6.07, 6.45) is 3.17. The van der Waals surface area contributed by atoms with Gasteiger partial charge in [0.1, 0.15) is 0 Å². The molecular weight excluding hydrogens is 354 g/mol. The maximum Gasteiger partial charge on any atom is 0.254 e. The predicted octanol–water partition coefficient (Wildman–Crippen LogP) is 3.47. The van der Waals surface area contributed by atoms with E-state index >= 15 is 0 Å². The zero-order chi connectivity index (χ0) is 18.5. The third-order valence-electron chi connectivity index (χ3n) is 3.84. The van der Waals surface area contributed by atoms with Crippen LogP contribution in [0.25, 0.3) is 5.69 Å². The van der Waals surface area contributed by atoms with Crippen LogP contribution in [0.4, 0.5) is 0 Å². The van der Waals surface area contributed by atoms with Crippen LogP contribution in [0.1, 0.15) is 15.9 Å². The van der Waals surface area contributed by atoms with Crippen LogP contribution in [0.15, 0.2) is 54.9 Å². The minimum Gasteiger partial charge on any atom is -0.493 e. The second-order valence-corrected chi connectivity index (χ2v) is 5.93. The second-order valence-electron chi connectivity index (χ2n) is 5.49. The Morgan fingerprint density at radius 2 is 2.00 bits per heavy atom. The largest absolute Gasteiger partial charge is 0.493 e.